The fourth-order valence-electron chi connectivity index (χ4n) is 0.920. The van der Waals surface area contributed by atoms with Crippen LogP contribution in [-0.2, 0) is 0 Å². The molecular formula is C8H12N2O. The lowest BCUT2D eigenvalue weighted by atomic mass is 10.1. The van der Waals surface area contributed by atoms with Crippen LogP contribution in [0.15, 0.2) is 18.3 Å². The molecule has 0 bridgehead atoms. The van der Waals surface area contributed by atoms with Gasteiger partial charge in [0.15, 0.2) is 0 Å². The molecule has 0 aliphatic heterocycles. The Hall–Kier alpha value is -1.09. The van der Waals surface area contributed by atoms with Crippen LogP contribution in [0.2, 0.25) is 0 Å². The summed E-state index contributed by atoms with van der Waals surface area (Å²) in [6.45, 7) is 1.90. The van der Waals surface area contributed by atoms with E-state index in [9.17, 15) is 0 Å². The number of aromatic nitrogens is 1. The van der Waals surface area contributed by atoms with Crippen molar-refractivity contribution in [2.45, 2.75) is 13.0 Å². The number of methoxy groups -OCH3 is 1. The average molecular weight is 152 g/mol. The van der Waals surface area contributed by atoms with E-state index in [2.05, 4.69) is 4.98 Å². The molecule has 11 heavy (non-hydrogen) atoms. The molecule has 0 radical (unpaired) electrons. The van der Waals surface area contributed by atoms with Gasteiger partial charge in [-0.2, -0.15) is 0 Å². The van der Waals surface area contributed by atoms with E-state index in [1.165, 1.54) is 0 Å². The standard InChI is InChI=1S/C8H12N2O/c1-6(9)7-4-3-5-10-8(7)11-2/h3-6H,9H2,1-2H3/t6-/m1/s1. The second kappa shape index (κ2) is 3.34. The minimum atomic E-state index is -0.0290. The molecular weight excluding hydrogens is 140 g/mol. The molecule has 60 valence electrons. The van der Waals surface area contributed by atoms with Gasteiger partial charge in [-0.05, 0) is 13.0 Å². The maximum atomic E-state index is 5.67. The summed E-state index contributed by atoms with van der Waals surface area (Å²) in [7, 11) is 1.59. The van der Waals surface area contributed by atoms with Gasteiger partial charge in [0.25, 0.3) is 0 Å². The summed E-state index contributed by atoms with van der Waals surface area (Å²) < 4.78 is 5.02. The third-order valence-electron chi connectivity index (χ3n) is 1.48. The highest BCUT2D eigenvalue weighted by Gasteiger charge is 2.05. The summed E-state index contributed by atoms with van der Waals surface area (Å²) in [5.74, 6) is 0.613. The van der Waals surface area contributed by atoms with E-state index >= 15 is 0 Å². The molecule has 1 heterocycles. The molecule has 3 nitrogen and oxygen atoms in total. The van der Waals surface area contributed by atoms with Crippen molar-refractivity contribution in [3.8, 4) is 5.88 Å². The monoisotopic (exact) mass is 152 g/mol. The zero-order valence-electron chi connectivity index (χ0n) is 6.74. The molecule has 0 aromatic carbocycles. The average Bonchev–Trinajstić information content (AvgIpc) is 2.04. The lowest BCUT2D eigenvalue weighted by molar-refractivity contribution is 0.389. The van der Waals surface area contributed by atoms with Crippen LogP contribution in [0.4, 0.5) is 0 Å². The van der Waals surface area contributed by atoms with Crippen LogP contribution in [-0.4, -0.2) is 12.1 Å². The van der Waals surface area contributed by atoms with E-state index in [0.717, 1.165) is 5.56 Å². The van der Waals surface area contributed by atoms with Gasteiger partial charge in [0.2, 0.25) is 5.88 Å². The first-order valence-electron chi connectivity index (χ1n) is 3.50. The molecule has 0 fully saturated rings. The van der Waals surface area contributed by atoms with Gasteiger partial charge in [-0.25, -0.2) is 4.98 Å². The Balaban J connectivity index is 3.02. The molecule has 1 atom stereocenters. The Morgan fingerprint density at radius 3 is 2.82 bits per heavy atom. The molecule has 1 aromatic rings. The van der Waals surface area contributed by atoms with Crippen molar-refractivity contribution < 1.29 is 4.74 Å². The van der Waals surface area contributed by atoms with Crippen LogP contribution >= 0.6 is 0 Å². The highest BCUT2D eigenvalue weighted by atomic mass is 16.5. The SMILES string of the molecule is COc1ncccc1[C@@H](C)N. The molecule has 3 heteroatoms. The minimum absolute atomic E-state index is 0.0290. The number of ether oxygens (including phenoxy) is 1. The van der Waals surface area contributed by atoms with Crippen LogP contribution in [0.1, 0.15) is 18.5 Å². The van der Waals surface area contributed by atoms with E-state index in [-0.39, 0.29) is 6.04 Å². The number of nitrogens with two attached hydrogens (primary N) is 1. The van der Waals surface area contributed by atoms with Crippen LogP contribution in [0.5, 0.6) is 5.88 Å². The zero-order valence-corrected chi connectivity index (χ0v) is 6.74. The molecule has 0 aliphatic carbocycles. The van der Waals surface area contributed by atoms with Crippen LogP contribution < -0.4 is 10.5 Å². The molecule has 1 rings (SSSR count). The predicted octanol–water partition coefficient (Wildman–Crippen LogP) is 1.11. The van der Waals surface area contributed by atoms with Crippen molar-refractivity contribution in [3.63, 3.8) is 0 Å². The Kier molecular flexibility index (Phi) is 2.44. The molecule has 0 unspecified atom stereocenters. The maximum Gasteiger partial charge on any atom is 0.217 e. The quantitative estimate of drug-likeness (QED) is 0.690. The number of hydrogen-bond acceptors (Lipinski definition) is 3. The van der Waals surface area contributed by atoms with Gasteiger partial charge in [-0.3, -0.25) is 0 Å². The van der Waals surface area contributed by atoms with E-state index in [0.29, 0.717) is 5.88 Å². The minimum Gasteiger partial charge on any atom is -0.481 e. The number of rotatable bonds is 2. The summed E-state index contributed by atoms with van der Waals surface area (Å²) in [6, 6.07) is 3.73. The normalized spacial score (nSPS) is 12.6. The van der Waals surface area contributed by atoms with Crippen molar-refractivity contribution >= 4 is 0 Å². The zero-order chi connectivity index (χ0) is 8.27. The molecule has 0 aliphatic rings. The van der Waals surface area contributed by atoms with Crippen LogP contribution in [0.25, 0.3) is 0 Å². The number of hydrogen-bond donors (Lipinski definition) is 1. The van der Waals surface area contributed by atoms with Crippen molar-refractivity contribution in [3.05, 3.63) is 23.9 Å². The van der Waals surface area contributed by atoms with E-state index < -0.39 is 0 Å². The predicted molar refractivity (Wildman–Crippen MR) is 43.4 cm³/mol. The largest absolute Gasteiger partial charge is 0.481 e. The lowest BCUT2D eigenvalue weighted by Crippen LogP contribution is -2.07. The highest BCUT2D eigenvalue weighted by Crippen LogP contribution is 2.19. The molecule has 0 saturated carbocycles. The van der Waals surface area contributed by atoms with E-state index in [4.69, 9.17) is 10.5 Å². The van der Waals surface area contributed by atoms with Gasteiger partial charge in [0.05, 0.1) is 7.11 Å². The first kappa shape index (κ1) is 8.01. The fourth-order valence-corrected chi connectivity index (χ4v) is 0.920. The molecule has 0 saturated heterocycles. The van der Waals surface area contributed by atoms with Gasteiger partial charge < -0.3 is 10.5 Å². The first-order valence-corrected chi connectivity index (χ1v) is 3.50. The Labute approximate surface area is 66.2 Å². The van der Waals surface area contributed by atoms with Crippen molar-refractivity contribution in [1.82, 2.24) is 4.98 Å². The van der Waals surface area contributed by atoms with Crippen molar-refractivity contribution in [2.24, 2.45) is 5.73 Å². The van der Waals surface area contributed by atoms with Crippen LogP contribution in [0, 0.1) is 0 Å². The third kappa shape index (κ3) is 1.68. The molecule has 2 N–H and O–H groups in total. The smallest absolute Gasteiger partial charge is 0.217 e. The van der Waals surface area contributed by atoms with Gasteiger partial charge in [-0.15, -0.1) is 0 Å². The fraction of sp³-hybridized carbons (Fsp3) is 0.375. The Bertz CT molecular complexity index is 235. The Morgan fingerprint density at radius 1 is 1.64 bits per heavy atom. The van der Waals surface area contributed by atoms with Gasteiger partial charge in [0.1, 0.15) is 0 Å². The maximum absolute atomic E-state index is 5.67. The summed E-state index contributed by atoms with van der Waals surface area (Å²) in [5, 5.41) is 0. The van der Waals surface area contributed by atoms with Gasteiger partial charge in [-0.1, -0.05) is 6.07 Å². The second-order valence-electron chi connectivity index (χ2n) is 2.39. The second-order valence-corrected chi connectivity index (χ2v) is 2.39. The Morgan fingerprint density at radius 2 is 2.36 bits per heavy atom. The van der Waals surface area contributed by atoms with Gasteiger partial charge >= 0.3 is 0 Å². The summed E-state index contributed by atoms with van der Waals surface area (Å²) in [5.41, 5.74) is 6.61. The van der Waals surface area contributed by atoms with E-state index in [1.807, 2.05) is 19.1 Å². The summed E-state index contributed by atoms with van der Waals surface area (Å²) in [4.78, 5) is 4.02. The van der Waals surface area contributed by atoms with Gasteiger partial charge in [0, 0.05) is 17.8 Å². The summed E-state index contributed by atoms with van der Waals surface area (Å²) in [6.07, 6.45) is 1.69. The number of nitrogens with zero attached hydrogens (tertiary/aromatic N) is 1. The van der Waals surface area contributed by atoms with Crippen molar-refractivity contribution in [2.75, 3.05) is 7.11 Å². The van der Waals surface area contributed by atoms with Crippen LogP contribution in [0.3, 0.4) is 0 Å². The third-order valence-corrected chi connectivity index (χ3v) is 1.48. The lowest BCUT2D eigenvalue weighted by Gasteiger charge is -2.08. The van der Waals surface area contributed by atoms with E-state index in [1.54, 1.807) is 13.3 Å². The number of pyridine rings is 1. The van der Waals surface area contributed by atoms with Crippen molar-refractivity contribution in [1.29, 1.82) is 0 Å². The molecule has 0 amide bonds. The topological polar surface area (TPSA) is 48.1 Å². The first-order chi connectivity index (χ1) is 5.25. The highest BCUT2D eigenvalue weighted by molar-refractivity contribution is 5.27. The molecule has 0 spiro atoms. The molecule has 1 aromatic heterocycles. The summed E-state index contributed by atoms with van der Waals surface area (Å²) >= 11 is 0.